The highest BCUT2D eigenvalue weighted by molar-refractivity contribution is 7.78. The van der Waals surface area contributed by atoms with Crippen molar-refractivity contribution in [1.29, 1.82) is 0 Å². The van der Waals surface area contributed by atoms with E-state index in [0.717, 1.165) is 22.6 Å². The monoisotopic (exact) mass is 387 g/mol. The third kappa shape index (κ3) is 3.79. The molecule has 9 heteroatoms. The normalized spacial score (nSPS) is 13.8. The molecule has 0 spiro atoms. The van der Waals surface area contributed by atoms with E-state index in [-0.39, 0.29) is 12.6 Å². The molecule has 4 rings (SSSR count). The van der Waals surface area contributed by atoms with Crippen LogP contribution in [0.15, 0.2) is 30.5 Å². The van der Waals surface area contributed by atoms with Crippen LogP contribution in [-0.2, 0) is 6.61 Å². The number of anilines is 1. The maximum absolute atomic E-state index is 12.2. The SMILES string of the molecule is O=C(Nc1ccc2ncc(-c3ccc(CO)s3)nc2n1)N(S)CC1CC1. The minimum atomic E-state index is -0.304. The Morgan fingerprint density at radius 2 is 2.15 bits per heavy atom. The second kappa shape index (κ2) is 7.18. The summed E-state index contributed by atoms with van der Waals surface area (Å²) in [7, 11) is 0. The van der Waals surface area contributed by atoms with E-state index in [1.54, 1.807) is 18.3 Å². The maximum Gasteiger partial charge on any atom is 0.332 e. The summed E-state index contributed by atoms with van der Waals surface area (Å²) in [6.45, 7) is 0.638. The highest BCUT2D eigenvalue weighted by atomic mass is 32.1. The van der Waals surface area contributed by atoms with Crippen LogP contribution < -0.4 is 5.32 Å². The van der Waals surface area contributed by atoms with E-state index < -0.39 is 0 Å². The largest absolute Gasteiger partial charge is 0.391 e. The summed E-state index contributed by atoms with van der Waals surface area (Å²) in [5.74, 6) is 0.969. The van der Waals surface area contributed by atoms with E-state index in [2.05, 4.69) is 33.1 Å². The molecule has 0 unspecified atom stereocenters. The summed E-state index contributed by atoms with van der Waals surface area (Å²) in [6, 6.07) is 6.92. The van der Waals surface area contributed by atoms with E-state index in [1.807, 2.05) is 12.1 Å². The van der Waals surface area contributed by atoms with Gasteiger partial charge in [-0.1, -0.05) is 12.8 Å². The number of pyridine rings is 1. The van der Waals surface area contributed by atoms with Crippen LogP contribution in [0.25, 0.3) is 21.7 Å². The van der Waals surface area contributed by atoms with Gasteiger partial charge in [0.15, 0.2) is 5.65 Å². The zero-order chi connectivity index (χ0) is 18.1. The van der Waals surface area contributed by atoms with Gasteiger partial charge >= 0.3 is 6.03 Å². The topological polar surface area (TPSA) is 91.2 Å². The molecule has 0 bridgehead atoms. The summed E-state index contributed by atoms with van der Waals surface area (Å²) in [5, 5.41) is 11.9. The van der Waals surface area contributed by atoms with E-state index in [0.29, 0.717) is 35.1 Å². The van der Waals surface area contributed by atoms with Gasteiger partial charge in [0, 0.05) is 11.4 Å². The van der Waals surface area contributed by atoms with Crippen molar-refractivity contribution in [3.05, 3.63) is 35.3 Å². The standard InChI is InChI=1S/C17H17N5O2S2/c23-9-11-3-5-14(26-11)13-7-18-12-4-6-15(20-16(12)19-13)21-17(24)22(25)8-10-1-2-10/h3-7,10,23,25H,1-2,8-9H2,(H,19,20,21,24). The lowest BCUT2D eigenvalue weighted by Gasteiger charge is -2.15. The predicted molar refractivity (Wildman–Crippen MR) is 104 cm³/mol. The fraction of sp³-hybridized carbons (Fsp3) is 0.294. The highest BCUT2D eigenvalue weighted by Crippen LogP contribution is 2.30. The number of amides is 2. The minimum Gasteiger partial charge on any atom is -0.391 e. The van der Waals surface area contributed by atoms with Gasteiger partial charge in [0.2, 0.25) is 0 Å². The first-order chi connectivity index (χ1) is 12.6. The molecule has 3 heterocycles. The van der Waals surface area contributed by atoms with Gasteiger partial charge in [-0.25, -0.2) is 14.8 Å². The predicted octanol–water partition coefficient (Wildman–Crippen LogP) is 3.33. The van der Waals surface area contributed by atoms with Crippen LogP contribution in [0.5, 0.6) is 0 Å². The molecule has 0 aliphatic heterocycles. The molecule has 0 atom stereocenters. The minimum absolute atomic E-state index is 0.00118. The molecule has 1 aliphatic carbocycles. The number of thiol groups is 1. The quantitative estimate of drug-likeness (QED) is 0.584. The van der Waals surface area contributed by atoms with Gasteiger partial charge in [0.25, 0.3) is 0 Å². The number of thiophene rings is 1. The van der Waals surface area contributed by atoms with Crippen molar-refractivity contribution in [3.63, 3.8) is 0 Å². The van der Waals surface area contributed by atoms with Gasteiger partial charge in [-0.05, 0) is 43.0 Å². The number of aliphatic hydroxyl groups is 1. The summed E-state index contributed by atoms with van der Waals surface area (Å²) in [5.41, 5.74) is 1.78. The van der Waals surface area contributed by atoms with Gasteiger partial charge in [-0.3, -0.25) is 14.6 Å². The third-order valence-electron chi connectivity index (χ3n) is 4.07. The molecule has 134 valence electrons. The molecule has 3 aromatic heterocycles. The Hall–Kier alpha value is -2.23. The molecule has 3 aromatic rings. The Balaban J connectivity index is 1.55. The molecular weight excluding hydrogens is 370 g/mol. The molecule has 1 saturated carbocycles. The third-order valence-corrected chi connectivity index (χ3v) is 5.51. The molecular formula is C17H17N5O2S2. The van der Waals surface area contributed by atoms with Gasteiger partial charge in [0.1, 0.15) is 17.0 Å². The number of hydrogen-bond donors (Lipinski definition) is 3. The number of nitrogens with one attached hydrogen (secondary N) is 1. The number of aromatic nitrogens is 3. The van der Waals surface area contributed by atoms with E-state index in [9.17, 15) is 9.90 Å². The zero-order valence-corrected chi connectivity index (χ0v) is 15.5. The fourth-order valence-corrected chi connectivity index (χ4v) is 3.59. The van der Waals surface area contributed by atoms with Crippen molar-refractivity contribution in [2.24, 2.45) is 5.92 Å². The van der Waals surface area contributed by atoms with E-state index >= 15 is 0 Å². The van der Waals surface area contributed by atoms with Gasteiger partial charge in [-0.2, -0.15) is 0 Å². The summed E-state index contributed by atoms with van der Waals surface area (Å²) in [4.78, 5) is 27.3. The first-order valence-corrected chi connectivity index (χ1v) is 9.45. The van der Waals surface area contributed by atoms with Crippen molar-refractivity contribution in [2.45, 2.75) is 19.4 Å². The lowest BCUT2D eigenvalue weighted by Crippen LogP contribution is -2.29. The number of aliphatic hydroxyl groups excluding tert-OH is 1. The average molecular weight is 387 g/mol. The number of carbonyl (C=O) groups excluding carboxylic acids is 1. The van der Waals surface area contributed by atoms with Crippen molar-refractivity contribution < 1.29 is 9.90 Å². The average Bonchev–Trinajstić information content (AvgIpc) is 3.33. The van der Waals surface area contributed by atoms with Crippen LogP contribution in [0, 0.1) is 5.92 Å². The fourth-order valence-electron chi connectivity index (χ4n) is 2.49. The first-order valence-electron chi connectivity index (χ1n) is 8.23. The summed E-state index contributed by atoms with van der Waals surface area (Å²) >= 11 is 5.69. The Kier molecular flexibility index (Phi) is 4.75. The Labute approximate surface area is 159 Å². The number of fused-ring (bicyclic) bond motifs is 1. The smallest absolute Gasteiger partial charge is 0.332 e. The molecule has 0 aromatic carbocycles. The van der Waals surface area contributed by atoms with Crippen LogP contribution in [0.2, 0.25) is 0 Å². The molecule has 1 fully saturated rings. The molecule has 1 aliphatic rings. The number of rotatable bonds is 5. The van der Waals surface area contributed by atoms with Crippen LogP contribution in [0.1, 0.15) is 17.7 Å². The molecule has 2 amide bonds. The Bertz CT molecular complexity index is 957. The number of hydrogen-bond acceptors (Lipinski definition) is 7. The lowest BCUT2D eigenvalue weighted by molar-refractivity contribution is 0.238. The molecule has 0 radical (unpaired) electrons. The number of nitrogens with zero attached hydrogens (tertiary/aromatic N) is 4. The Morgan fingerprint density at radius 1 is 1.31 bits per heavy atom. The van der Waals surface area contributed by atoms with Gasteiger partial charge < -0.3 is 5.11 Å². The Morgan fingerprint density at radius 3 is 2.88 bits per heavy atom. The summed E-state index contributed by atoms with van der Waals surface area (Å²) < 4.78 is 1.38. The summed E-state index contributed by atoms with van der Waals surface area (Å²) in [6.07, 6.45) is 3.98. The lowest BCUT2D eigenvalue weighted by atomic mass is 10.3. The highest BCUT2D eigenvalue weighted by Gasteiger charge is 2.25. The van der Waals surface area contributed by atoms with Crippen LogP contribution >= 0.6 is 24.2 Å². The molecule has 26 heavy (non-hydrogen) atoms. The molecule has 7 nitrogen and oxygen atoms in total. The number of urea groups is 1. The molecule has 0 saturated heterocycles. The maximum atomic E-state index is 12.2. The zero-order valence-electron chi connectivity index (χ0n) is 13.8. The van der Waals surface area contributed by atoms with Crippen molar-refractivity contribution in [2.75, 3.05) is 11.9 Å². The van der Waals surface area contributed by atoms with Gasteiger partial charge in [-0.15, -0.1) is 11.3 Å². The second-order valence-corrected chi connectivity index (χ2v) is 7.83. The number of carbonyl (C=O) groups is 1. The van der Waals surface area contributed by atoms with Crippen molar-refractivity contribution in [3.8, 4) is 10.6 Å². The van der Waals surface area contributed by atoms with Crippen LogP contribution in [0.4, 0.5) is 10.6 Å². The van der Waals surface area contributed by atoms with Crippen LogP contribution in [-0.4, -0.2) is 36.9 Å². The van der Waals surface area contributed by atoms with Crippen molar-refractivity contribution >= 4 is 47.2 Å². The first kappa shape index (κ1) is 17.2. The van der Waals surface area contributed by atoms with E-state index in [4.69, 9.17) is 0 Å². The molecule has 2 N–H and O–H groups in total. The van der Waals surface area contributed by atoms with Gasteiger partial charge in [0.05, 0.1) is 17.7 Å². The second-order valence-electron chi connectivity index (χ2n) is 6.17. The van der Waals surface area contributed by atoms with Crippen molar-refractivity contribution in [1.82, 2.24) is 19.3 Å². The van der Waals surface area contributed by atoms with E-state index in [1.165, 1.54) is 15.6 Å². The van der Waals surface area contributed by atoms with Crippen LogP contribution in [0.3, 0.4) is 0 Å².